The number of rotatable bonds is 7. The first kappa shape index (κ1) is 20.6. The van der Waals surface area contributed by atoms with Crippen molar-refractivity contribution in [1.29, 1.82) is 0 Å². The zero-order chi connectivity index (χ0) is 20.0. The Hall–Kier alpha value is -2.73. The van der Waals surface area contributed by atoms with E-state index in [1.165, 1.54) is 17.0 Å². The second-order valence-corrected chi connectivity index (χ2v) is 6.77. The van der Waals surface area contributed by atoms with Gasteiger partial charge in [-0.25, -0.2) is 4.39 Å². The smallest absolute Gasteiger partial charge is 0.243 e. The van der Waals surface area contributed by atoms with Crippen molar-refractivity contribution in [3.05, 3.63) is 65.5 Å². The Morgan fingerprint density at radius 1 is 1.04 bits per heavy atom. The van der Waals surface area contributed by atoms with Crippen LogP contribution in [0.2, 0.25) is 0 Å². The number of anilines is 1. The van der Waals surface area contributed by atoms with Crippen LogP contribution in [0.3, 0.4) is 0 Å². The van der Waals surface area contributed by atoms with E-state index in [9.17, 15) is 14.0 Å². The molecule has 0 saturated carbocycles. The molecule has 0 aliphatic rings. The highest BCUT2D eigenvalue weighted by atomic mass is 19.1. The fraction of sp³-hybridized carbons (Fsp3) is 0.333. The fourth-order valence-electron chi connectivity index (χ4n) is 2.76. The van der Waals surface area contributed by atoms with Crippen LogP contribution in [0.4, 0.5) is 10.1 Å². The van der Waals surface area contributed by atoms with E-state index in [-0.39, 0.29) is 30.2 Å². The summed E-state index contributed by atoms with van der Waals surface area (Å²) in [5.74, 6) is -0.745. The predicted octanol–water partition coefficient (Wildman–Crippen LogP) is 3.27. The van der Waals surface area contributed by atoms with Crippen molar-refractivity contribution in [3.8, 4) is 0 Å². The molecule has 0 bridgehead atoms. The first-order chi connectivity index (χ1) is 12.8. The van der Waals surface area contributed by atoms with E-state index in [0.29, 0.717) is 5.69 Å². The summed E-state index contributed by atoms with van der Waals surface area (Å²) in [6.45, 7) is 5.58. The Balaban J connectivity index is 1.86. The van der Waals surface area contributed by atoms with Gasteiger partial charge in [0.05, 0.1) is 12.6 Å². The zero-order valence-corrected chi connectivity index (χ0v) is 16.1. The van der Waals surface area contributed by atoms with Crippen molar-refractivity contribution in [2.45, 2.75) is 32.9 Å². The number of hydrogen-bond acceptors (Lipinski definition) is 3. The van der Waals surface area contributed by atoms with Crippen LogP contribution in [0.5, 0.6) is 0 Å². The van der Waals surface area contributed by atoms with Gasteiger partial charge in [-0.2, -0.15) is 0 Å². The number of halogens is 1. The molecular weight excluding hydrogens is 345 g/mol. The van der Waals surface area contributed by atoms with Crippen LogP contribution in [-0.2, 0) is 9.59 Å². The lowest BCUT2D eigenvalue weighted by Gasteiger charge is -2.24. The molecule has 2 rings (SSSR count). The molecule has 0 saturated heterocycles. The maximum Gasteiger partial charge on any atom is 0.243 e. The number of nitrogens with zero attached hydrogens (tertiary/aromatic N) is 1. The third-order valence-electron chi connectivity index (χ3n) is 4.33. The maximum absolute atomic E-state index is 13.0. The summed E-state index contributed by atoms with van der Waals surface area (Å²) in [5.41, 5.74) is 2.69. The van der Waals surface area contributed by atoms with Gasteiger partial charge in [0, 0.05) is 18.8 Å². The van der Waals surface area contributed by atoms with E-state index in [2.05, 4.69) is 10.6 Å². The topological polar surface area (TPSA) is 61.4 Å². The predicted molar refractivity (Wildman–Crippen MR) is 105 cm³/mol. The van der Waals surface area contributed by atoms with E-state index in [4.69, 9.17) is 0 Å². The van der Waals surface area contributed by atoms with Crippen molar-refractivity contribution in [2.24, 2.45) is 0 Å². The molecule has 2 amide bonds. The Bertz CT molecular complexity index is 775. The van der Waals surface area contributed by atoms with Gasteiger partial charge in [-0.05, 0) is 50.6 Å². The molecule has 27 heavy (non-hydrogen) atoms. The molecule has 5 nitrogen and oxygen atoms in total. The molecule has 2 N–H and O–H groups in total. The number of nitrogens with one attached hydrogen (secondary N) is 2. The van der Waals surface area contributed by atoms with Crippen LogP contribution in [0.25, 0.3) is 0 Å². The number of hydrogen-bond donors (Lipinski definition) is 2. The van der Waals surface area contributed by atoms with Gasteiger partial charge in [0.2, 0.25) is 11.8 Å². The highest BCUT2D eigenvalue weighted by molar-refractivity contribution is 5.95. The number of carbonyl (C=O) groups excluding carboxylic acids is 2. The summed E-state index contributed by atoms with van der Waals surface area (Å²) in [5, 5.41) is 5.96. The second kappa shape index (κ2) is 9.28. The van der Waals surface area contributed by atoms with Crippen molar-refractivity contribution in [2.75, 3.05) is 18.9 Å². The molecule has 0 aliphatic carbocycles. The van der Waals surface area contributed by atoms with Gasteiger partial charge in [-0.3, -0.25) is 14.9 Å². The summed E-state index contributed by atoms with van der Waals surface area (Å²) in [6, 6.07) is 13.0. The first-order valence-corrected chi connectivity index (χ1v) is 8.89. The Morgan fingerprint density at radius 3 is 2.22 bits per heavy atom. The SMILES string of the molecule is Cc1ccc(NC(=O)CN(C)C(=O)[C@H](C)N[C@@H](C)c2ccc(F)cc2)cc1. The van der Waals surface area contributed by atoms with Gasteiger partial charge in [-0.1, -0.05) is 29.8 Å². The molecule has 2 atom stereocenters. The number of aryl methyl sites for hydroxylation is 1. The average molecular weight is 371 g/mol. The standard InChI is InChI=1S/C21H26FN3O2/c1-14-5-11-19(12-6-14)24-20(26)13-25(4)21(27)16(3)23-15(2)17-7-9-18(22)10-8-17/h5-12,15-16,23H,13H2,1-4H3,(H,24,26)/t15-,16-/m0/s1. The lowest BCUT2D eigenvalue weighted by molar-refractivity contribution is -0.135. The summed E-state index contributed by atoms with van der Waals surface area (Å²) in [6.07, 6.45) is 0. The van der Waals surface area contributed by atoms with Gasteiger partial charge in [-0.15, -0.1) is 0 Å². The number of benzene rings is 2. The molecular formula is C21H26FN3O2. The van der Waals surface area contributed by atoms with Crippen LogP contribution < -0.4 is 10.6 Å². The van der Waals surface area contributed by atoms with E-state index < -0.39 is 6.04 Å². The van der Waals surface area contributed by atoms with E-state index in [1.54, 1.807) is 26.1 Å². The minimum absolute atomic E-state index is 0.0380. The third-order valence-corrected chi connectivity index (χ3v) is 4.33. The minimum Gasteiger partial charge on any atom is -0.335 e. The normalized spacial score (nSPS) is 12.9. The lowest BCUT2D eigenvalue weighted by atomic mass is 10.1. The molecule has 0 aromatic heterocycles. The minimum atomic E-state index is -0.484. The molecule has 2 aromatic carbocycles. The number of amides is 2. The summed E-state index contributed by atoms with van der Waals surface area (Å²) >= 11 is 0. The summed E-state index contributed by atoms with van der Waals surface area (Å²) < 4.78 is 13.0. The van der Waals surface area contributed by atoms with E-state index in [0.717, 1.165) is 11.1 Å². The highest BCUT2D eigenvalue weighted by Gasteiger charge is 2.21. The van der Waals surface area contributed by atoms with Crippen LogP contribution in [0.1, 0.15) is 31.0 Å². The molecule has 6 heteroatoms. The number of carbonyl (C=O) groups is 2. The Kier molecular flexibility index (Phi) is 7.07. The molecule has 0 fully saturated rings. The summed E-state index contributed by atoms with van der Waals surface area (Å²) in [7, 11) is 1.60. The number of likely N-dealkylation sites (N-methyl/N-ethyl adjacent to an activating group) is 1. The average Bonchev–Trinajstić information content (AvgIpc) is 2.63. The van der Waals surface area contributed by atoms with Crippen LogP contribution in [-0.4, -0.2) is 36.3 Å². The fourth-order valence-corrected chi connectivity index (χ4v) is 2.76. The highest BCUT2D eigenvalue weighted by Crippen LogP contribution is 2.14. The van der Waals surface area contributed by atoms with E-state index in [1.807, 2.05) is 38.1 Å². The molecule has 0 spiro atoms. The van der Waals surface area contributed by atoms with Crippen molar-refractivity contribution in [1.82, 2.24) is 10.2 Å². The van der Waals surface area contributed by atoms with Gasteiger partial charge < -0.3 is 10.2 Å². The molecule has 0 heterocycles. The van der Waals surface area contributed by atoms with E-state index >= 15 is 0 Å². The maximum atomic E-state index is 13.0. The van der Waals surface area contributed by atoms with Crippen LogP contribution in [0.15, 0.2) is 48.5 Å². The molecule has 0 aliphatic heterocycles. The largest absolute Gasteiger partial charge is 0.335 e. The zero-order valence-electron chi connectivity index (χ0n) is 16.1. The second-order valence-electron chi connectivity index (χ2n) is 6.77. The van der Waals surface area contributed by atoms with Gasteiger partial charge in [0.25, 0.3) is 0 Å². The molecule has 144 valence electrons. The summed E-state index contributed by atoms with van der Waals surface area (Å²) in [4.78, 5) is 26.1. The monoisotopic (exact) mass is 371 g/mol. The van der Waals surface area contributed by atoms with Crippen molar-refractivity contribution in [3.63, 3.8) is 0 Å². The molecule has 0 unspecified atom stereocenters. The molecule has 2 aromatic rings. The van der Waals surface area contributed by atoms with Gasteiger partial charge >= 0.3 is 0 Å². The Morgan fingerprint density at radius 2 is 1.63 bits per heavy atom. The quantitative estimate of drug-likeness (QED) is 0.785. The van der Waals surface area contributed by atoms with Gasteiger partial charge in [0.15, 0.2) is 0 Å². The van der Waals surface area contributed by atoms with Crippen LogP contribution in [0, 0.1) is 12.7 Å². The third kappa shape index (κ3) is 6.18. The lowest BCUT2D eigenvalue weighted by Crippen LogP contribution is -2.46. The van der Waals surface area contributed by atoms with Crippen molar-refractivity contribution < 1.29 is 14.0 Å². The Labute approximate surface area is 159 Å². The van der Waals surface area contributed by atoms with Gasteiger partial charge in [0.1, 0.15) is 5.82 Å². The first-order valence-electron chi connectivity index (χ1n) is 8.89. The molecule has 0 radical (unpaired) electrons. The van der Waals surface area contributed by atoms with Crippen LogP contribution >= 0.6 is 0 Å². The van der Waals surface area contributed by atoms with Crippen molar-refractivity contribution >= 4 is 17.5 Å².